The zero-order valence-electron chi connectivity index (χ0n) is 11.5. The Hall–Kier alpha value is -0.393. The molecule has 17 heavy (non-hydrogen) atoms. The number of carbonyl (C=O) groups excluding carboxylic acids is 1. The molecule has 0 amide bonds. The monoisotopic (exact) mass is 258 g/mol. The lowest BCUT2D eigenvalue weighted by atomic mass is 9.82. The predicted molar refractivity (Wildman–Crippen MR) is 66.0 cm³/mol. The summed E-state index contributed by atoms with van der Waals surface area (Å²) in [5.41, 5.74) is -1.14. The Morgan fingerprint density at radius 2 is 1.76 bits per heavy atom. The van der Waals surface area contributed by atoms with Gasteiger partial charge in [0.2, 0.25) is 5.79 Å². The highest BCUT2D eigenvalue weighted by Crippen LogP contribution is 2.65. The minimum atomic E-state index is -1.79. The fourth-order valence-electron chi connectivity index (χ4n) is 2.85. The molecule has 2 aliphatic rings. The van der Waals surface area contributed by atoms with Crippen LogP contribution in [0, 0.1) is 5.41 Å². The van der Waals surface area contributed by atoms with Crippen molar-refractivity contribution >= 4 is 14.3 Å². The Morgan fingerprint density at radius 3 is 2.12 bits per heavy atom. The molecule has 1 aliphatic carbocycles. The van der Waals surface area contributed by atoms with Gasteiger partial charge in [0.25, 0.3) is 0 Å². The summed E-state index contributed by atoms with van der Waals surface area (Å²) in [6.45, 7) is 10.1. The van der Waals surface area contributed by atoms with Crippen molar-refractivity contribution in [3.8, 4) is 0 Å². The van der Waals surface area contributed by atoms with Gasteiger partial charge in [0.05, 0.1) is 0 Å². The van der Waals surface area contributed by atoms with E-state index in [9.17, 15) is 4.79 Å². The van der Waals surface area contributed by atoms with Gasteiger partial charge in [-0.1, -0.05) is 0 Å². The third-order valence-electron chi connectivity index (χ3n) is 4.11. The molecule has 1 spiro atoms. The van der Waals surface area contributed by atoms with Gasteiger partial charge in [-0.3, -0.25) is 4.79 Å². The molecule has 2 rings (SSSR count). The Kier molecular flexibility index (Phi) is 2.56. The van der Waals surface area contributed by atoms with Crippen molar-refractivity contribution in [3.05, 3.63) is 0 Å². The highest BCUT2D eigenvalue weighted by atomic mass is 28.4. The number of hydrogen-bond donors (Lipinski definition) is 0. The largest absolute Gasteiger partial charge is 0.430 e. The maximum absolute atomic E-state index is 12.1. The number of cyclic esters (lactones) is 1. The zero-order chi connectivity index (χ0) is 13.1. The van der Waals surface area contributed by atoms with E-state index in [1.165, 1.54) is 0 Å². The van der Waals surface area contributed by atoms with Crippen molar-refractivity contribution in [2.75, 3.05) is 7.11 Å². The smallest absolute Gasteiger partial charge is 0.317 e. The molecule has 1 aliphatic heterocycles. The average Bonchev–Trinajstić information content (AvgIpc) is 2.92. The lowest BCUT2D eigenvalue weighted by Gasteiger charge is -2.43. The number of esters is 1. The molecule has 0 radical (unpaired) electrons. The molecule has 0 bridgehead atoms. The van der Waals surface area contributed by atoms with Crippen LogP contribution in [0.4, 0.5) is 0 Å². The van der Waals surface area contributed by atoms with Crippen LogP contribution in [0.3, 0.4) is 0 Å². The van der Waals surface area contributed by atoms with Crippen LogP contribution < -0.4 is 0 Å². The quantitative estimate of drug-likeness (QED) is 0.575. The maximum atomic E-state index is 12.1. The van der Waals surface area contributed by atoms with E-state index in [0.29, 0.717) is 0 Å². The summed E-state index contributed by atoms with van der Waals surface area (Å²) in [5.74, 6) is -1.14. The number of hydrogen-bond acceptors (Lipinski definition) is 4. The SMILES string of the molecule is COC1(C)OC(=O)C2(CC2)[C@@]1(C)O[Si](C)(C)C. The first kappa shape index (κ1) is 13.0. The molecule has 2 atom stereocenters. The van der Waals surface area contributed by atoms with E-state index in [1.54, 1.807) is 14.0 Å². The van der Waals surface area contributed by atoms with Crippen molar-refractivity contribution in [2.24, 2.45) is 5.41 Å². The molecule has 5 heteroatoms. The van der Waals surface area contributed by atoms with Gasteiger partial charge in [-0.15, -0.1) is 0 Å². The van der Waals surface area contributed by atoms with E-state index in [-0.39, 0.29) is 5.97 Å². The Balaban J connectivity index is 2.42. The van der Waals surface area contributed by atoms with Gasteiger partial charge in [0.1, 0.15) is 11.0 Å². The minimum absolute atomic E-state index is 0.164. The molecule has 4 nitrogen and oxygen atoms in total. The molecular weight excluding hydrogens is 236 g/mol. The van der Waals surface area contributed by atoms with E-state index in [1.807, 2.05) is 6.92 Å². The Morgan fingerprint density at radius 1 is 1.24 bits per heavy atom. The molecule has 0 N–H and O–H groups in total. The van der Waals surface area contributed by atoms with Crippen molar-refractivity contribution in [3.63, 3.8) is 0 Å². The van der Waals surface area contributed by atoms with Crippen molar-refractivity contribution in [1.29, 1.82) is 0 Å². The predicted octanol–water partition coefficient (Wildman–Crippen LogP) is 2.30. The van der Waals surface area contributed by atoms with Crippen molar-refractivity contribution < 1.29 is 18.7 Å². The lowest BCUT2D eigenvalue weighted by molar-refractivity contribution is -0.248. The van der Waals surface area contributed by atoms with Gasteiger partial charge < -0.3 is 13.9 Å². The van der Waals surface area contributed by atoms with Gasteiger partial charge in [-0.25, -0.2) is 0 Å². The van der Waals surface area contributed by atoms with Crippen LogP contribution in [0.5, 0.6) is 0 Å². The second-order valence-electron chi connectivity index (χ2n) is 6.37. The number of carbonyl (C=O) groups is 1. The molecule has 1 unspecified atom stereocenters. The molecule has 1 heterocycles. The topological polar surface area (TPSA) is 44.8 Å². The number of rotatable bonds is 3. The Labute approximate surface area is 104 Å². The highest BCUT2D eigenvalue weighted by molar-refractivity contribution is 6.69. The van der Waals surface area contributed by atoms with E-state index in [2.05, 4.69) is 19.6 Å². The van der Waals surface area contributed by atoms with Crippen LogP contribution in [-0.2, 0) is 18.7 Å². The number of methoxy groups -OCH3 is 1. The summed E-state index contributed by atoms with van der Waals surface area (Å²) in [5, 5.41) is 0. The standard InChI is InChI=1S/C12H22O4Si/c1-10(16-17(4,5)6)11(2,14-3)15-9(13)12(10)7-8-12/h7-8H2,1-6H3/t10-,11?/m0/s1. The molecule has 1 saturated carbocycles. The van der Waals surface area contributed by atoms with Crippen LogP contribution >= 0.6 is 0 Å². The third kappa shape index (κ3) is 1.59. The summed E-state index contributed by atoms with van der Waals surface area (Å²) in [6, 6.07) is 0. The second kappa shape index (κ2) is 3.33. The van der Waals surface area contributed by atoms with Gasteiger partial charge in [0, 0.05) is 14.0 Å². The molecule has 98 valence electrons. The fraction of sp³-hybridized carbons (Fsp3) is 0.917. The van der Waals surface area contributed by atoms with Gasteiger partial charge in [-0.2, -0.15) is 0 Å². The van der Waals surface area contributed by atoms with Crippen LogP contribution in [-0.4, -0.2) is 32.8 Å². The molecule has 0 aromatic rings. The summed E-state index contributed by atoms with van der Waals surface area (Å²) < 4.78 is 17.2. The molecular formula is C12H22O4Si. The lowest BCUT2D eigenvalue weighted by Crippen LogP contribution is -2.58. The summed E-state index contributed by atoms with van der Waals surface area (Å²) in [6.07, 6.45) is 1.68. The van der Waals surface area contributed by atoms with Crippen LogP contribution in [0.2, 0.25) is 19.6 Å². The summed E-state index contributed by atoms with van der Waals surface area (Å²) in [7, 11) is -0.220. The zero-order valence-corrected chi connectivity index (χ0v) is 12.5. The summed E-state index contributed by atoms with van der Waals surface area (Å²) >= 11 is 0. The molecule has 0 aromatic heterocycles. The Bertz CT molecular complexity index is 358. The maximum Gasteiger partial charge on any atom is 0.317 e. The highest BCUT2D eigenvalue weighted by Gasteiger charge is 2.78. The second-order valence-corrected chi connectivity index (χ2v) is 10.8. The van der Waals surface area contributed by atoms with E-state index >= 15 is 0 Å². The van der Waals surface area contributed by atoms with E-state index in [4.69, 9.17) is 13.9 Å². The van der Waals surface area contributed by atoms with Gasteiger partial charge in [-0.05, 0) is 39.4 Å². The van der Waals surface area contributed by atoms with Crippen molar-refractivity contribution in [2.45, 2.75) is 57.7 Å². The number of ether oxygens (including phenoxy) is 2. The normalized spacial score (nSPS) is 39.5. The third-order valence-corrected chi connectivity index (χ3v) is 5.13. The summed E-state index contributed by atoms with van der Waals surface area (Å²) in [4.78, 5) is 12.1. The molecule has 1 saturated heterocycles. The first-order chi connectivity index (χ1) is 7.60. The van der Waals surface area contributed by atoms with E-state index in [0.717, 1.165) is 12.8 Å². The van der Waals surface area contributed by atoms with Crippen molar-refractivity contribution in [1.82, 2.24) is 0 Å². The van der Waals surface area contributed by atoms with Gasteiger partial charge >= 0.3 is 5.97 Å². The molecule has 2 fully saturated rings. The minimum Gasteiger partial charge on any atom is -0.430 e. The molecule has 0 aromatic carbocycles. The van der Waals surface area contributed by atoms with E-state index < -0.39 is 25.1 Å². The van der Waals surface area contributed by atoms with Crippen LogP contribution in [0.25, 0.3) is 0 Å². The first-order valence-corrected chi connectivity index (χ1v) is 9.50. The fourth-order valence-corrected chi connectivity index (χ4v) is 4.45. The van der Waals surface area contributed by atoms with Gasteiger partial charge in [0.15, 0.2) is 8.32 Å². The van der Waals surface area contributed by atoms with Crippen LogP contribution in [0.15, 0.2) is 0 Å². The first-order valence-electron chi connectivity index (χ1n) is 6.09. The van der Waals surface area contributed by atoms with Crippen LogP contribution in [0.1, 0.15) is 26.7 Å². The average molecular weight is 258 g/mol.